The molecule has 184 valence electrons. The minimum Gasteiger partial charge on any atom is -0.403 e. The highest BCUT2D eigenvalue weighted by Crippen LogP contribution is 2.58. The van der Waals surface area contributed by atoms with Gasteiger partial charge in [-0.3, -0.25) is 18.9 Å². The predicted molar refractivity (Wildman–Crippen MR) is 122 cm³/mol. The maximum Gasteiger partial charge on any atom is 0.534 e. The highest BCUT2D eigenvalue weighted by molar-refractivity contribution is 7.71. The second-order valence-corrected chi connectivity index (χ2v) is 9.55. The number of aryl methyl sites for hydroxylation is 2. The summed E-state index contributed by atoms with van der Waals surface area (Å²) in [5, 5.41) is 28.0. The zero-order valence-electron chi connectivity index (χ0n) is 18.7. The summed E-state index contributed by atoms with van der Waals surface area (Å²) < 4.78 is 35.8. The van der Waals surface area contributed by atoms with Crippen molar-refractivity contribution in [3.63, 3.8) is 0 Å². The average Bonchev–Trinajstić information content (AvgIpc) is 3.27. The largest absolute Gasteiger partial charge is 0.534 e. The van der Waals surface area contributed by atoms with Crippen molar-refractivity contribution < 1.29 is 38.2 Å². The van der Waals surface area contributed by atoms with E-state index in [1.807, 2.05) is 19.1 Å². The molecule has 11 nitrogen and oxygen atoms in total. The number of aromatic nitrogens is 2. The van der Waals surface area contributed by atoms with Gasteiger partial charge in [0.05, 0.1) is 6.61 Å². The van der Waals surface area contributed by atoms with Crippen molar-refractivity contribution in [2.45, 2.75) is 51.6 Å². The van der Waals surface area contributed by atoms with Crippen molar-refractivity contribution >= 4 is 20.0 Å². The number of hydrogen-bond donors (Lipinski definition) is 4. The molecule has 3 atom stereocenters. The first-order chi connectivity index (χ1) is 16.0. The van der Waals surface area contributed by atoms with Crippen LogP contribution in [0.1, 0.15) is 41.3 Å². The van der Waals surface area contributed by atoms with Crippen LogP contribution in [0.15, 0.2) is 23.1 Å². The van der Waals surface area contributed by atoms with Crippen molar-refractivity contribution in [1.82, 2.24) is 9.55 Å². The number of aliphatic hydroxyl groups is 3. The van der Waals surface area contributed by atoms with Crippen LogP contribution >= 0.6 is 20.0 Å². The predicted octanol–water partition coefficient (Wildman–Crippen LogP) is 2.16. The minimum absolute atomic E-state index is 0.0406. The van der Waals surface area contributed by atoms with Crippen molar-refractivity contribution in [3.8, 4) is 18.1 Å². The summed E-state index contributed by atoms with van der Waals surface area (Å²) in [5.41, 5.74) is 1.89. The Kier molecular flexibility index (Phi) is 7.82. The molecule has 13 heteroatoms. The van der Waals surface area contributed by atoms with Crippen molar-refractivity contribution in [1.29, 1.82) is 0 Å². The van der Waals surface area contributed by atoms with Gasteiger partial charge in [0.15, 0.2) is 4.77 Å². The second kappa shape index (κ2) is 10.1. The standard InChI is InChI=1S/C20H21N2O8PS.CH4O/c1-4-13-9-22(19(32)21-18(13)23)16-6-5-15(28-16)20(24,25)30-31(26)27-10-14-8-11(2)7-12(3)17(14)29-31;1-2/h1,7-9,15-16,24-25H,5-6,10H2,2-3H3,(H,21,23,32);2H,1H3. The number of H-pyrrole nitrogens is 1. The summed E-state index contributed by atoms with van der Waals surface area (Å²) in [4.78, 5) is 14.2. The fourth-order valence-electron chi connectivity index (χ4n) is 3.74. The highest BCUT2D eigenvalue weighted by atomic mass is 32.1. The third-order valence-electron chi connectivity index (χ3n) is 5.17. The Balaban J connectivity index is 0.00000158. The van der Waals surface area contributed by atoms with E-state index in [1.165, 1.54) is 10.8 Å². The SMILES string of the molecule is C#Cc1cn(C2CCC(C(O)(O)OP3(=O)OCc4cc(C)cc(C)c4O3)O2)c(=S)[nH]c1=O.CO. The van der Waals surface area contributed by atoms with Gasteiger partial charge in [-0.25, -0.2) is 9.09 Å². The number of rotatable bonds is 4. The number of aromatic amines is 1. The lowest BCUT2D eigenvalue weighted by molar-refractivity contribution is -0.349. The molecule has 1 saturated heterocycles. The van der Waals surface area contributed by atoms with Gasteiger partial charge in [-0.1, -0.05) is 23.6 Å². The lowest BCUT2D eigenvalue weighted by Crippen LogP contribution is -2.44. The molecule has 3 unspecified atom stereocenters. The summed E-state index contributed by atoms with van der Waals surface area (Å²) >= 11 is 5.14. The number of phosphoric ester groups is 1. The van der Waals surface area contributed by atoms with Crippen LogP contribution in [-0.4, -0.2) is 44.1 Å². The van der Waals surface area contributed by atoms with Crippen LogP contribution < -0.4 is 10.1 Å². The number of terminal acetylenes is 1. The maximum atomic E-state index is 13.0. The molecule has 3 heterocycles. The molecule has 2 aliphatic rings. The van der Waals surface area contributed by atoms with Crippen molar-refractivity contribution in [2.75, 3.05) is 7.11 Å². The van der Waals surface area contributed by atoms with Gasteiger partial charge in [0.2, 0.25) is 0 Å². The Hall–Kier alpha value is -2.33. The van der Waals surface area contributed by atoms with Crippen LogP contribution in [-0.2, 0) is 25.0 Å². The van der Waals surface area contributed by atoms with Gasteiger partial charge in [0.25, 0.3) is 5.56 Å². The molecule has 1 aromatic heterocycles. The molecule has 2 aromatic rings. The topological polar surface area (TPSA) is 152 Å². The fraction of sp³-hybridized carbons (Fsp3) is 0.429. The van der Waals surface area contributed by atoms with Gasteiger partial charge in [-0.05, 0) is 44.5 Å². The number of nitrogens with zero attached hydrogens (tertiary/aromatic N) is 1. The monoisotopic (exact) mass is 512 g/mol. The second-order valence-electron chi connectivity index (χ2n) is 7.64. The zero-order chi connectivity index (χ0) is 25.3. The van der Waals surface area contributed by atoms with Gasteiger partial charge < -0.3 is 24.6 Å². The first-order valence-corrected chi connectivity index (χ1v) is 12.0. The zero-order valence-corrected chi connectivity index (χ0v) is 20.4. The van der Waals surface area contributed by atoms with Gasteiger partial charge in [-0.15, -0.1) is 6.42 Å². The molecule has 2 aliphatic heterocycles. The number of fused-ring (bicyclic) bond motifs is 1. The lowest BCUT2D eigenvalue weighted by Gasteiger charge is -2.33. The summed E-state index contributed by atoms with van der Waals surface area (Å²) in [6, 6.07) is 3.66. The molecule has 0 bridgehead atoms. The quantitative estimate of drug-likeness (QED) is 0.208. The number of aliphatic hydroxyl groups excluding tert-OH is 1. The molecule has 0 saturated carbocycles. The molecule has 1 fully saturated rings. The average molecular weight is 512 g/mol. The van der Waals surface area contributed by atoms with Crippen LogP contribution in [0.4, 0.5) is 0 Å². The normalized spacial score (nSPS) is 23.8. The van der Waals surface area contributed by atoms with Gasteiger partial charge >= 0.3 is 13.8 Å². The van der Waals surface area contributed by atoms with E-state index in [4.69, 9.17) is 42.1 Å². The summed E-state index contributed by atoms with van der Waals surface area (Å²) in [6.45, 7) is 3.59. The number of phosphoric acid groups is 1. The number of hydrogen-bond acceptors (Lipinski definition) is 10. The first-order valence-electron chi connectivity index (χ1n) is 10.1. The molecular formula is C21H25N2O9PS. The lowest BCUT2D eigenvalue weighted by atomic mass is 10.1. The summed E-state index contributed by atoms with van der Waals surface area (Å²) in [7, 11) is -3.36. The van der Waals surface area contributed by atoms with Crippen molar-refractivity contribution in [2.24, 2.45) is 0 Å². The molecule has 0 aliphatic carbocycles. The molecule has 34 heavy (non-hydrogen) atoms. The van der Waals surface area contributed by atoms with Crippen LogP contribution in [0.2, 0.25) is 0 Å². The van der Waals surface area contributed by atoms with E-state index in [-0.39, 0.29) is 29.8 Å². The Morgan fingerprint density at radius 3 is 2.71 bits per heavy atom. The van der Waals surface area contributed by atoms with Crippen LogP contribution in [0.3, 0.4) is 0 Å². The molecule has 0 radical (unpaired) electrons. The minimum atomic E-state index is -4.36. The smallest absolute Gasteiger partial charge is 0.403 e. The van der Waals surface area contributed by atoms with E-state index < -0.39 is 31.7 Å². The van der Waals surface area contributed by atoms with Gasteiger partial charge in [-0.2, -0.15) is 0 Å². The van der Waals surface area contributed by atoms with E-state index in [0.29, 0.717) is 16.9 Å². The number of benzene rings is 1. The van der Waals surface area contributed by atoms with Crippen LogP contribution in [0.5, 0.6) is 5.75 Å². The third kappa shape index (κ3) is 5.33. The van der Waals surface area contributed by atoms with E-state index in [9.17, 15) is 19.6 Å². The van der Waals surface area contributed by atoms with E-state index >= 15 is 0 Å². The van der Waals surface area contributed by atoms with Crippen molar-refractivity contribution in [3.05, 3.63) is 55.7 Å². The Labute approximate surface area is 200 Å². The maximum absolute atomic E-state index is 13.0. The van der Waals surface area contributed by atoms with Gasteiger partial charge in [0.1, 0.15) is 23.6 Å². The Morgan fingerprint density at radius 2 is 2.03 bits per heavy atom. The Morgan fingerprint density at radius 1 is 1.32 bits per heavy atom. The summed E-state index contributed by atoms with van der Waals surface area (Å²) in [6.07, 6.45) is 4.99. The molecule has 4 rings (SSSR count). The van der Waals surface area contributed by atoms with Crippen LogP contribution in [0, 0.1) is 31.0 Å². The van der Waals surface area contributed by atoms with E-state index in [1.54, 1.807) is 6.92 Å². The molecule has 4 N–H and O–H groups in total. The van der Waals surface area contributed by atoms with Crippen LogP contribution in [0.25, 0.3) is 0 Å². The Bertz CT molecular complexity index is 1280. The highest BCUT2D eigenvalue weighted by Gasteiger charge is 2.51. The number of ether oxygens (including phenoxy) is 1. The molecule has 1 aromatic carbocycles. The third-order valence-corrected chi connectivity index (χ3v) is 6.83. The summed E-state index contributed by atoms with van der Waals surface area (Å²) in [5.74, 6) is -0.431. The number of nitrogens with one attached hydrogen (secondary N) is 1. The van der Waals surface area contributed by atoms with E-state index in [2.05, 4.69) is 10.9 Å². The molecule has 0 spiro atoms. The fourth-order valence-corrected chi connectivity index (χ4v) is 5.37. The first kappa shape index (κ1) is 26.3. The molecular weight excluding hydrogens is 487 g/mol. The van der Waals surface area contributed by atoms with E-state index in [0.717, 1.165) is 12.7 Å². The van der Waals surface area contributed by atoms with Gasteiger partial charge in [0, 0.05) is 18.9 Å². The molecule has 0 amide bonds.